The molecule has 0 aliphatic carbocycles. The molecule has 1 aromatic heterocycles. The van der Waals surface area contributed by atoms with Crippen LogP contribution in [0, 0.1) is 5.82 Å². The van der Waals surface area contributed by atoms with Crippen LogP contribution in [0.5, 0.6) is 0 Å². The fourth-order valence-corrected chi connectivity index (χ4v) is 3.46. The van der Waals surface area contributed by atoms with Gasteiger partial charge in [0.25, 0.3) is 5.91 Å². The van der Waals surface area contributed by atoms with Crippen LogP contribution in [0.25, 0.3) is 5.69 Å². The zero-order chi connectivity index (χ0) is 18.8. The van der Waals surface area contributed by atoms with Gasteiger partial charge in [-0.05, 0) is 30.3 Å². The van der Waals surface area contributed by atoms with E-state index >= 15 is 0 Å². The van der Waals surface area contributed by atoms with Gasteiger partial charge in [0.2, 0.25) is 5.95 Å². The molecule has 1 saturated heterocycles. The Morgan fingerprint density at radius 2 is 1.81 bits per heavy atom. The summed E-state index contributed by atoms with van der Waals surface area (Å²) >= 11 is 6.10. The van der Waals surface area contributed by atoms with E-state index in [1.807, 2.05) is 35.0 Å². The van der Waals surface area contributed by atoms with Gasteiger partial charge in [0.15, 0.2) is 0 Å². The molecular formula is C20H18ClFN4O. The van der Waals surface area contributed by atoms with E-state index < -0.39 is 5.82 Å². The van der Waals surface area contributed by atoms with Gasteiger partial charge in [0.1, 0.15) is 5.82 Å². The molecule has 3 aromatic rings. The Bertz CT molecular complexity index is 966. The van der Waals surface area contributed by atoms with Crippen molar-refractivity contribution in [1.29, 1.82) is 0 Å². The van der Waals surface area contributed by atoms with E-state index in [4.69, 9.17) is 11.6 Å². The van der Waals surface area contributed by atoms with Crippen molar-refractivity contribution < 1.29 is 9.18 Å². The summed E-state index contributed by atoms with van der Waals surface area (Å²) in [6.07, 6.45) is 3.63. The van der Waals surface area contributed by atoms with Crippen molar-refractivity contribution in [1.82, 2.24) is 14.5 Å². The number of anilines is 1. The fourth-order valence-electron chi connectivity index (χ4n) is 3.27. The molecule has 0 bridgehead atoms. The molecule has 0 N–H and O–H groups in total. The minimum atomic E-state index is -0.485. The normalized spacial score (nSPS) is 14.4. The first-order valence-electron chi connectivity index (χ1n) is 8.71. The lowest BCUT2D eigenvalue weighted by atomic mass is 10.1. The quantitative estimate of drug-likeness (QED) is 0.692. The van der Waals surface area contributed by atoms with Crippen molar-refractivity contribution in [2.75, 3.05) is 31.1 Å². The number of carbonyl (C=O) groups excluding carboxylic acids is 1. The average molecular weight is 385 g/mol. The maximum atomic E-state index is 13.9. The summed E-state index contributed by atoms with van der Waals surface area (Å²) in [6.45, 7) is 2.26. The third kappa shape index (κ3) is 3.53. The molecule has 7 heteroatoms. The molecule has 0 saturated carbocycles. The monoisotopic (exact) mass is 384 g/mol. The molecule has 5 nitrogen and oxygen atoms in total. The van der Waals surface area contributed by atoms with Gasteiger partial charge >= 0.3 is 0 Å². The van der Waals surface area contributed by atoms with Gasteiger partial charge in [-0.15, -0.1) is 0 Å². The SMILES string of the molecule is O=C(c1ccccc1F)N1CCN(c2nccn2-c2cccc(Cl)c2)CC1. The highest BCUT2D eigenvalue weighted by atomic mass is 35.5. The zero-order valence-electron chi connectivity index (χ0n) is 14.6. The van der Waals surface area contributed by atoms with Gasteiger partial charge in [-0.3, -0.25) is 9.36 Å². The minimum Gasteiger partial charge on any atom is -0.338 e. The Kier molecular flexibility index (Phi) is 4.81. The number of hydrogen-bond acceptors (Lipinski definition) is 3. The maximum absolute atomic E-state index is 13.9. The number of hydrogen-bond donors (Lipinski definition) is 0. The molecule has 2 heterocycles. The fraction of sp³-hybridized carbons (Fsp3) is 0.200. The smallest absolute Gasteiger partial charge is 0.256 e. The summed E-state index contributed by atoms with van der Waals surface area (Å²) in [5.41, 5.74) is 1.05. The molecule has 0 radical (unpaired) electrons. The lowest BCUT2D eigenvalue weighted by molar-refractivity contribution is 0.0741. The number of piperazine rings is 1. The summed E-state index contributed by atoms with van der Waals surface area (Å²) in [7, 11) is 0. The van der Waals surface area contributed by atoms with Gasteiger partial charge in [-0.1, -0.05) is 29.8 Å². The highest BCUT2D eigenvalue weighted by Gasteiger charge is 2.25. The Morgan fingerprint density at radius 1 is 1.04 bits per heavy atom. The predicted molar refractivity (Wildman–Crippen MR) is 103 cm³/mol. The first kappa shape index (κ1) is 17.5. The van der Waals surface area contributed by atoms with Crippen molar-refractivity contribution in [3.63, 3.8) is 0 Å². The van der Waals surface area contributed by atoms with E-state index in [1.165, 1.54) is 12.1 Å². The van der Waals surface area contributed by atoms with E-state index in [1.54, 1.807) is 23.2 Å². The molecule has 138 valence electrons. The number of amides is 1. The molecular weight excluding hydrogens is 367 g/mol. The third-order valence-electron chi connectivity index (χ3n) is 4.66. The minimum absolute atomic E-state index is 0.117. The molecule has 0 spiro atoms. The third-order valence-corrected chi connectivity index (χ3v) is 4.90. The van der Waals surface area contributed by atoms with Crippen molar-refractivity contribution in [3.05, 3.63) is 77.3 Å². The van der Waals surface area contributed by atoms with E-state index in [0.29, 0.717) is 31.2 Å². The Labute approximate surface area is 161 Å². The van der Waals surface area contributed by atoms with Gasteiger partial charge in [0, 0.05) is 49.3 Å². The van der Waals surface area contributed by atoms with Crippen LogP contribution < -0.4 is 4.90 Å². The molecule has 27 heavy (non-hydrogen) atoms. The molecule has 4 rings (SSSR count). The van der Waals surface area contributed by atoms with Crippen molar-refractivity contribution >= 4 is 23.5 Å². The summed E-state index contributed by atoms with van der Waals surface area (Å²) in [4.78, 5) is 20.8. The zero-order valence-corrected chi connectivity index (χ0v) is 15.3. The Morgan fingerprint density at radius 3 is 2.56 bits per heavy atom. The number of imidazole rings is 1. The molecule has 1 fully saturated rings. The van der Waals surface area contributed by atoms with Crippen LogP contribution in [0.1, 0.15) is 10.4 Å². The second-order valence-corrected chi connectivity index (χ2v) is 6.77. The van der Waals surface area contributed by atoms with Gasteiger partial charge in [-0.25, -0.2) is 9.37 Å². The summed E-state index contributed by atoms with van der Waals surface area (Å²) in [5, 5.41) is 0.660. The standard InChI is InChI=1S/C20H18ClFN4O/c21-15-4-3-5-16(14-15)26-9-8-23-20(26)25-12-10-24(11-13-25)19(27)17-6-1-2-7-18(17)22/h1-9,14H,10-13H2. The van der Waals surface area contributed by atoms with Crippen LogP contribution in [-0.2, 0) is 0 Å². The first-order valence-corrected chi connectivity index (χ1v) is 9.09. The second kappa shape index (κ2) is 7.40. The number of halogens is 2. The van der Waals surface area contributed by atoms with Gasteiger partial charge in [0.05, 0.1) is 5.56 Å². The molecule has 0 unspecified atom stereocenters. The van der Waals surface area contributed by atoms with Crippen LogP contribution in [0.15, 0.2) is 60.9 Å². The number of aromatic nitrogens is 2. The van der Waals surface area contributed by atoms with Crippen molar-refractivity contribution in [3.8, 4) is 5.69 Å². The van der Waals surface area contributed by atoms with Gasteiger partial charge in [-0.2, -0.15) is 0 Å². The summed E-state index contributed by atoms with van der Waals surface area (Å²) in [6, 6.07) is 13.7. The van der Waals surface area contributed by atoms with E-state index in [9.17, 15) is 9.18 Å². The topological polar surface area (TPSA) is 41.4 Å². The Hall–Kier alpha value is -2.86. The van der Waals surface area contributed by atoms with E-state index in [2.05, 4.69) is 9.88 Å². The Balaban J connectivity index is 1.49. The number of benzene rings is 2. The van der Waals surface area contributed by atoms with E-state index in [-0.39, 0.29) is 11.5 Å². The van der Waals surface area contributed by atoms with Crippen molar-refractivity contribution in [2.24, 2.45) is 0 Å². The van der Waals surface area contributed by atoms with Gasteiger partial charge < -0.3 is 9.80 Å². The van der Waals surface area contributed by atoms with Crippen LogP contribution in [0.4, 0.5) is 10.3 Å². The van der Waals surface area contributed by atoms with Crippen molar-refractivity contribution in [2.45, 2.75) is 0 Å². The predicted octanol–water partition coefficient (Wildman–Crippen LogP) is 3.63. The number of carbonyl (C=O) groups is 1. The average Bonchev–Trinajstić information content (AvgIpc) is 3.18. The highest BCUT2D eigenvalue weighted by Crippen LogP contribution is 2.22. The summed E-state index contributed by atoms with van der Waals surface area (Å²) < 4.78 is 15.9. The highest BCUT2D eigenvalue weighted by molar-refractivity contribution is 6.30. The first-order chi connectivity index (χ1) is 13.1. The number of rotatable bonds is 3. The lowest BCUT2D eigenvalue weighted by Crippen LogP contribution is -2.49. The van der Waals surface area contributed by atoms with Crippen LogP contribution in [-0.4, -0.2) is 46.5 Å². The second-order valence-electron chi connectivity index (χ2n) is 6.34. The largest absolute Gasteiger partial charge is 0.338 e. The molecule has 1 aliphatic heterocycles. The van der Waals surface area contributed by atoms with Crippen LogP contribution in [0.2, 0.25) is 5.02 Å². The maximum Gasteiger partial charge on any atom is 0.256 e. The molecule has 1 aliphatic rings. The van der Waals surface area contributed by atoms with E-state index in [0.717, 1.165) is 11.6 Å². The molecule has 0 atom stereocenters. The number of nitrogens with zero attached hydrogens (tertiary/aromatic N) is 4. The lowest BCUT2D eigenvalue weighted by Gasteiger charge is -2.35. The van der Waals surface area contributed by atoms with Crippen LogP contribution >= 0.6 is 11.6 Å². The summed E-state index contributed by atoms with van der Waals surface area (Å²) in [5.74, 6) is 0.0441. The molecule has 1 amide bonds. The molecule has 2 aromatic carbocycles. The van der Waals surface area contributed by atoms with Crippen LogP contribution in [0.3, 0.4) is 0 Å².